The van der Waals surface area contributed by atoms with Crippen LogP contribution in [-0.2, 0) is 6.54 Å². The van der Waals surface area contributed by atoms with Crippen molar-refractivity contribution in [2.45, 2.75) is 45.7 Å². The van der Waals surface area contributed by atoms with Crippen LogP contribution in [0.4, 0.5) is 0 Å². The summed E-state index contributed by atoms with van der Waals surface area (Å²) >= 11 is 0. The summed E-state index contributed by atoms with van der Waals surface area (Å²) in [4.78, 5) is 0. The molecule has 0 bridgehead atoms. The minimum atomic E-state index is 0.495. The first kappa shape index (κ1) is 14.2. The lowest BCUT2D eigenvalue weighted by molar-refractivity contribution is 0.353. The van der Waals surface area contributed by atoms with Crippen molar-refractivity contribution in [3.05, 3.63) is 23.8 Å². The van der Waals surface area contributed by atoms with Gasteiger partial charge in [-0.15, -0.1) is 0 Å². The normalized spacial score (nSPS) is 21.4. The number of hydrogen-bond acceptors (Lipinski definition) is 3. The van der Waals surface area contributed by atoms with Crippen molar-refractivity contribution in [3.8, 4) is 11.5 Å². The molecule has 1 aromatic carbocycles. The molecule has 1 N–H and O–H groups in total. The average molecular weight is 263 g/mol. The molecule has 0 radical (unpaired) electrons. The first-order valence-electron chi connectivity index (χ1n) is 6.98. The minimum absolute atomic E-state index is 0.495. The van der Waals surface area contributed by atoms with Gasteiger partial charge < -0.3 is 14.8 Å². The van der Waals surface area contributed by atoms with Gasteiger partial charge in [0.1, 0.15) is 0 Å². The second-order valence-corrected chi connectivity index (χ2v) is 6.17. The van der Waals surface area contributed by atoms with Crippen LogP contribution in [0.15, 0.2) is 18.2 Å². The molecule has 1 aromatic rings. The van der Waals surface area contributed by atoms with Crippen molar-refractivity contribution < 1.29 is 9.47 Å². The maximum atomic E-state index is 5.33. The van der Waals surface area contributed by atoms with Crippen molar-refractivity contribution in [1.29, 1.82) is 0 Å². The molecule has 3 heteroatoms. The fourth-order valence-electron chi connectivity index (χ4n) is 2.86. The fourth-order valence-corrected chi connectivity index (χ4v) is 2.86. The second kappa shape index (κ2) is 5.83. The van der Waals surface area contributed by atoms with Crippen LogP contribution >= 0.6 is 0 Å². The van der Waals surface area contributed by atoms with Crippen LogP contribution in [0.25, 0.3) is 0 Å². The van der Waals surface area contributed by atoms with Gasteiger partial charge in [0, 0.05) is 12.6 Å². The Morgan fingerprint density at radius 2 is 1.95 bits per heavy atom. The third-order valence-electron chi connectivity index (χ3n) is 4.01. The topological polar surface area (TPSA) is 30.5 Å². The van der Waals surface area contributed by atoms with Gasteiger partial charge in [0.25, 0.3) is 0 Å². The van der Waals surface area contributed by atoms with E-state index in [-0.39, 0.29) is 0 Å². The summed E-state index contributed by atoms with van der Waals surface area (Å²) < 4.78 is 10.6. The van der Waals surface area contributed by atoms with Crippen LogP contribution in [-0.4, -0.2) is 20.3 Å². The van der Waals surface area contributed by atoms with E-state index in [1.54, 1.807) is 14.2 Å². The number of methoxy groups -OCH3 is 2. The fraction of sp³-hybridized carbons (Fsp3) is 0.625. The van der Waals surface area contributed by atoms with Gasteiger partial charge in [-0.25, -0.2) is 0 Å². The van der Waals surface area contributed by atoms with Gasteiger partial charge in [-0.2, -0.15) is 0 Å². The molecule has 0 saturated heterocycles. The van der Waals surface area contributed by atoms with Crippen LogP contribution in [0.5, 0.6) is 11.5 Å². The van der Waals surface area contributed by atoms with Crippen molar-refractivity contribution in [2.75, 3.05) is 14.2 Å². The van der Waals surface area contributed by atoms with Gasteiger partial charge in [-0.3, -0.25) is 0 Å². The minimum Gasteiger partial charge on any atom is -0.493 e. The third-order valence-corrected chi connectivity index (χ3v) is 4.01. The number of hydrogen-bond donors (Lipinski definition) is 1. The predicted molar refractivity (Wildman–Crippen MR) is 77.8 cm³/mol. The lowest BCUT2D eigenvalue weighted by atomic mass is 9.92. The SMILES string of the molecule is COc1ccc(CNC2CCC(C)(C)C2)cc1OC. The summed E-state index contributed by atoms with van der Waals surface area (Å²) in [6.07, 6.45) is 3.86. The van der Waals surface area contributed by atoms with Crippen molar-refractivity contribution in [2.24, 2.45) is 5.41 Å². The van der Waals surface area contributed by atoms with Crippen LogP contribution in [0.2, 0.25) is 0 Å². The third kappa shape index (κ3) is 3.63. The van der Waals surface area contributed by atoms with Gasteiger partial charge in [-0.1, -0.05) is 19.9 Å². The zero-order chi connectivity index (χ0) is 13.9. The Morgan fingerprint density at radius 3 is 2.53 bits per heavy atom. The Bertz CT molecular complexity index is 429. The number of ether oxygens (including phenoxy) is 2. The van der Waals surface area contributed by atoms with E-state index in [0.717, 1.165) is 18.0 Å². The Morgan fingerprint density at radius 1 is 1.21 bits per heavy atom. The summed E-state index contributed by atoms with van der Waals surface area (Å²) in [6, 6.07) is 6.75. The van der Waals surface area contributed by atoms with Gasteiger partial charge >= 0.3 is 0 Å². The molecule has 1 aliphatic carbocycles. The molecule has 3 nitrogen and oxygen atoms in total. The second-order valence-electron chi connectivity index (χ2n) is 6.17. The van der Waals surface area contributed by atoms with Crippen molar-refractivity contribution in [1.82, 2.24) is 5.32 Å². The molecular formula is C16H25NO2. The highest BCUT2D eigenvalue weighted by Gasteiger charge is 2.30. The smallest absolute Gasteiger partial charge is 0.161 e. The average Bonchev–Trinajstić information content (AvgIpc) is 2.75. The van der Waals surface area contributed by atoms with Crippen molar-refractivity contribution in [3.63, 3.8) is 0 Å². The molecule has 106 valence electrons. The van der Waals surface area contributed by atoms with E-state index in [9.17, 15) is 0 Å². The zero-order valence-electron chi connectivity index (χ0n) is 12.5. The molecule has 1 saturated carbocycles. The zero-order valence-corrected chi connectivity index (χ0v) is 12.5. The predicted octanol–water partition coefficient (Wildman–Crippen LogP) is 3.37. The lowest BCUT2D eigenvalue weighted by Gasteiger charge is -2.18. The quantitative estimate of drug-likeness (QED) is 0.883. The van der Waals surface area contributed by atoms with E-state index in [2.05, 4.69) is 25.2 Å². The van der Waals surface area contributed by atoms with Gasteiger partial charge in [0.05, 0.1) is 14.2 Å². The molecular weight excluding hydrogens is 238 g/mol. The molecule has 2 rings (SSSR count). The highest BCUT2D eigenvalue weighted by Crippen LogP contribution is 2.37. The summed E-state index contributed by atoms with van der Waals surface area (Å²) in [5.41, 5.74) is 1.73. The molecule has 0 aliphatic heterocycles. The van der Waals surface area contributed by atoms with E-state index in [0.29, 0.717) is 11.5 Å². The van der Waals surface area contributed by atoms with E-state index >= 15 is 0 Å². The summed E-state index contributed by atoms with van der Waals surface area (Å²) in [5, 5.41) is 3.65. The number of rotatable bonds is 5. The maximum Gasteiger partial charge on any atom is 0.161 e. The van der Waals surface area contributed by atoms with Crippen LogP contribution < -0.4 is 14.8 Å². The molecule has 1 atom stereocenters. The van der Waals surface area contributed by atoms with Crippen LogP contribution in [0.3, 0.4) is 0 Å². The highest BCUT2D eigenvalue weighted by molar-refractivity contribution is 5.42. The van der Waals surface area contributed by atoms with Crippen LogP contribution in [0.1, 0.15) is 38.7 Å². The summed E-state index contributed by atoms with van der Waals surface area (Å²) in [5.74, 6) is 1.59. The Kier molecular flexibility index (Phi) is 4.35. The first-order chi connectivity index (χ1) is 9.04. The maximum absolute atomic E-state index is 5.33. The number of benzene rings is 1. The lowest BCUT2D eigenvalue weighted by Crippen LogP contribution is -2.26. The Balaban J connectivity index is 1.93. The van der Waals surface area contributed by atoms with E-state index < -0.39 is 0 Å². The molecule has 0 spiro atoms. The molecule has 19 heavy (non-hydrogen) atoms. The van der Waals surface area contributed by atoms with Gasteiger partial charge in [0.2, 0.25) is 0 Å². The molecule has 1 fully saturated rings. The molecule has 1 unspecified atom stereocenters. The standard InChI is InChI=1S/C16H25NO2/c1-16(2)8-7-13(10-16)17-11-12-5-6-14(18-3)15(9-12)19-4/h5-6,9,13,17H,7-8,10-11H2,1-4H3. The summed E-state index contributed by atoms with van der Waals surface area (Å²) in [6.45, 7) is 5.59. The molecule has 0 amide bonds. The molecule has 0 aromatic heterocycles. The Hall–Kier alpha value is -1.22. The molecule has 0 heterocycles. The van der Waals surface area contributed by atoms with Gasteiger partial charge in [0.15, 0.2) is 11.5 Å². The van der Waals surface area contributed by atoms with Crippen LogP contribution in [0, 0.1) is 5.41 Å². The largest absolute Gasteiger partial charge is 0.493 e. The van der Waals surface area contributed by atoms with E-state index in [1.165, 1.54) is 24.8 Å². The first-order valence-corrected chi connectivity index (χ1v) is 6.98. The van der Waals surface area contributed by atoms with Crippen molar-refractivity contribution >= 4 is 0 Å². The van der Waals surface area contributed by atoms with Gasteiger partial charge in [-0.05, 0) is 42.4 Å². The van der Waals surface area contributed by atoms with E-state index in [1.807, 2.05) is 12.1 Å². The summed E-state index contributed by atoms with van der Waals surface area (Å²) in [7, 11) is 3.34. The highest BCUT2D eigenvalue weighted by atomic mass is 16.5. The molecule has 1 aliphatic rings. The number of nitrogens with one attached hydrogen (secondary N) is 1. The Labute approximate surface area is 116 Å². The monoisotopic (exact) mass is 263 g/mol. The van der Waals surface area contributed by atoms with E-state index in [4.69, 9.17) is 9.47 Å².